The number of fused-ring (bicyclic) bond motifs is 1. The van der Waals surface area contributed by atoms with Crippen LogP contribution < -0.4 is 0 Å². The molecule has 2 heterocycles. The van der Waals surface area contributed by atoms with Gasteiger partial charge >= 0.3 is 11.9 Å². The first-order valence-corrected chi connectivity index (χ1v) is 6.77. The fraction of sp³-hybridized carbons (Fsp3) is 0.846. The molecule has 0 amide bonds. The zero-order chi connectivity index (χ0) is 13.8. The molecule has 2 saturated heterocycles. The lowest BCUT2D eigenvalue weighted by atomic mass is 10.1. The van der Waals surface area contributed by atoms with Crippen LogP contribution in [0.5, 0.6) is 0 Å². The van der Waals surface area contributed by atoms with Crippen molar-refractivity contribution in [1.29, 1.82) is 0 Å². The summed E-state index contributed by atoms with van der Waals surface area (Å²) in [6, 6.07) is 0. The van der Waals surface area contributed by atoms with Gasteiger partial charge in [-0.15, -0.1) is 0 Å². The largest absolute Gasteiger partial charge is 0.457 e. The number of carbonyl (C=O) groups is 2. The molecule has 0 saturated carbocycles. The lowest BCUT2D eigenvalue weighted by Crippen LogP contribution is -2.35. The average molecular weight is 272 g/mol. The molecule has 2 aliphatic rings. The van der Waals surface area contributed by atoms with Crippen molar-refractivity contribution in [3.05, 3.63) is 0 Å². The molecule has 0 radical (unpaired) electrons. The van der Waals surface area contributed by atoms with Crippen LogP contribution in [0.15, 0.2) is 0 Å². The standard InChI is InChI=1S/C13H20O6/c1-3-5-11(15)19-9-7-17-12-8(6-16-13(9)12)18-10(14)4-2/h8-9,12-13H,3-7H2,1-2H3. The molecule has 2 rings (SSSR count). The van der Waals surface area contributed by atoms with Gasteiger partial charge in [-0.3, -0.25) is 9.59 Å². The third-order valence-corrected chi connectivity index (χ3v) is 3.27. The molecule has 108 valence electrons. The predicted molar refractivity (Wildman–Crippen MR) is 64.4 cm³/mol. The molecule has 2 aliphatic heterocycles. The van der Waals surface area contributed by atoms with Crippen LogP contribution in [0.3, 0.4) is 0 Å². The van der Waals surface area contributed by atoms with Gasteiger partial charge in [0.25, 0.3) is 0 Å². The SMILES string of the molecule is CCCC(=O)OC1COC2C(OC(=O)CC)COC12. The first-order chi connectivity index (χ1) is 9.15. The molecule has 6 nitrogen and oxygen atoms in total. The Labute approximate surface area is 112 Å². The Morgan fingerprint density at radius 1 is 1.00 bits per heavy atom. The Bertz CT molecular complexity index is 342. The second-order valence-corrected chi connectivity index (χ2v) is 4.76. The quantitative estimate of drug-likeness (QED) is 0.690. The predicted octanol–water partition coefficient (Wildman–Crippen LogP) is 0.818. The monoisotopic (exact) mass is 272 g/mol. The minimum Gasteiger partial charge on any atom is -0.457 e. The first-order valence-electron chi connectivity index (χ1n) is 6.77. The molecule has 0 spiro atoms. The van der Waals surface area contributed by atoms with E-state index in [2.05, 4.69) is 0 Å². The van der Waals surface area contributed by atoms with Gasteiger partial charge in [-0.1, -0.05) is 13.8 Å². The summed E-state index contributed by atoms with van der Waals surface area (Å²) in [5.74, 6) is -0.515. The Balaban J connectivity index is 1.87. The number of esters is 2. The highest BCUT2D eigenvalue weighted by molar-refractivity contribution is 5.70. The Morgan fingerprint density at radius 3 is 2.00 bits per heavy atom. The van der Waals surface area contributed by atoms with Crippen molar-refractivity contribution in [1.82, 2.24) is 0 Å². The Hall–Kier alpha value is -1.14. The van der Waals surface area contributed by atoms with Gasteiger partial charge in [-0.2, -0.15) is 0 Å². The number of hydrogen-bond acceptors (Lipinski definition) is 6. The molecule has 0 aliphatic carbocycles. The van der Waals surface area contributed by atoms with Crippen LogP contribution in [-0.2, 0) is 28.5 Å². The summed E-state index contributed by atoms with van der Waals surface area (Å²) in [4.78, 5) is 22.8. The van der Waals surface area contributed by atoms with E-state index in [-0.39, 0.29) is 24.1 Å². The second kappa shape index (κ2) is 6.34. The van der Waals surface area contributed by atoms with Gasteiger partial charge < -0.3 is 18.9 Å². The normalized spacial score (nSPS) is 32.9. The zero-order valence-electron chi connectivity index (χ0n) is 11.3. The number of hydrogen-bond donors (Lipinski definition) is 0. The van der Waals surface area contributed by atoms with Crippen LogP contribution in [0.2, 0.25) is 0 Å². The molecule has 19 heavy (non-hydrogen) atoms. The van der Waals surface area contributed by atoms with Crippen molar-refractivity contribution in [3.63, 3.8) is 0 Å². The van der Waals surface area contributed by atoms with E-state index in [1.807, 2.05) is 6.92 Å². The Morgan fingerprint density at radius 2 is 1.53 bits per heavy atom. The summed E-state index contributed by atoms with van der Waals surface area (Å²) in [6.45, 7) is 4.25. The number of rotatable bonds is 5. The second-order valence-electron chi connectivity index (χ2n) is 4.76. The van der Waals surface area contributed by atoms with Crippen LogP contribution in [0.25, 0.3) is 0 Å². The summed E-state index contributed by atoms with van der Waals surface area (Å²) in [7, 11) is 0. The van der Waals surface area contributed by atoms with E-state index in [4.69, 9.17) is 18.9 Å². The molecule has 0 bridgehead atoms. The van der Waals surface area contributed by atoms with E-state index in [1.165, 1.54) is 0 Å². The number of ether oxygens (including phenoxy) is 4. The Kier molecular flexibility index (Phi) is 4.76. The highest BCUT2D eigenvalue weighted by Crippen LogP contribution is 2.30. The highest BCUT2D eigenvalue weighted by atomic mass is 16.7. The molecule has 0 aromatic heterocycles. The van der Waals surface area contributed by atoms with Crippen LogP contribution in [0.4, 0.5) is 0 Å². The molecular weight excluding hydrogens is 252 g/mol. The van der Waals surface area contributed by atoms with Crippen LogP contribution in [-0.4, -0.2) is 49.6 Å². The molecule has 0 N–H and O–H groups in total. The molecule has 0 aromatic rings. The van der Waals surface area contributed by atoms with Gasteiger partial charge in [0.05, 0.1) is 13.2 Å². The van der Waals surface area contributed by atoms with Gasteiger partial charge in [0.15, 0.2) is 12.2 Å². The molecule has 0 aromatic carbocycles. The van der Waals surface area contributed by atoms with E-state index < -0.39 is 12.2 Å². The van der Waals surface area contributed by atoms with Crippen molar-refractivity contribution < 1.29 is 28.5 Å². The minimum absolute atomic E-state index is 0.241. The van der Waals surface area contributed by atoms with Crippen molar-refractivity contribution >= 4 is 11.9 Å². The average Bonchev–Trinajstić information content (AvgIpc) is 2.94. The maximum absolute atomic E-state index is 11.5. The maximum Gasteiger partial charge on any atom is 0.306 e. The van der Waals surface area contributed by atoms with Crippen molar-refractivity contribution in [2.75, 3.05) is 13.2 Å². The van der Waals surface area contributed by atoms with E-state index in [9.17, 15) is 9.59 Å². The highest BCUT2D eigenvalue weighted by Gasteiger charge is 2.50. The molecule has 6 heteroatoms. The molecular formula is C13H20O6. The van der Waals surface area contributed by atoms with Gasteiger partial charge in [0.2, 0.25) is 0 Å². The molecule has 4 atom stereocenters. The van der Waals surface area contributed by atoms with E-state index in [0.29, 0.717) is 26.1 Å². The zero-order valence-corrected chi connectivity index (χ0v) is 11.3. The third kappa shape index (κ3) is 3.25. The van der Waals surface area contributed by atoms with Gasteiger partial charge in [0, 0.05) is 12.8 Å². The van der Waals surface area contributed by atoms with Gasteiger partial charge in [0.1, 0.15) is 12.2 Å². The summed E-state index contributed by atoms with van der Waals surface area (Å²) in [5, 5.41) is 0. The summed E-state index contributed by atoms with van der Waals surface area (Å²) in [6.07, 6.45) is 0.0235. The molecule has 2 fully saturated rings. The smallest absolute Gasteiger partial charge is 0.306 e. The van der Waals surface area contributed by atoms with Crippen molar-refractivity contribution in [2.24, 2.45) is 0 Å². The van der Waals surface area contributed by atoms with E-state index in [1.54, 1.807) is 6.92 Å². The van der Waals surface area contributed by atoms with Gasteiger partial charge in [-0.25, -0.2) is 0 Å². The van der Waals surface area contributed by atoms with Crippen molar-refractivity contribution in [3.8, 4) is 0 Å². The van der Waals surface area contributed by atoms with Crippen LogP contribution in [0.1, 0.15) is 33.1 Å². The summed E-state index contributed by atoms with van der Waals surface area (Å²) >= 11 is 0. The summed E-state index contributed by atoms with van der Waals surface area (Å²) < 4.78 is 21.7. The third-order valence-electron chi connectivity index (χ3n) is 3.27. The van der Waals surface area contributed by atoms with E-state index in [0.717, 1.165) is 6.42 Å². The van der Waals surface area contributed by atoms with Crippen molar-refractivity contribution in [2.45, 2.75) is 57.5 Å². The lowest BCUT2D eigenvalue weighted by molar-refractivity contribution is -0.155. The van der Waals surface area contributed by atoms with Crippen LogP contribution in [0, 0.1) is 0 Å². The molecule has 4 unspecified atom stereocenters. The fourth-order valence-electron chi connectivity index (χ4n) is 2.32. The van der Waals surface area contributed by atoms with Crippen LogP contribution >= 0.6 is 0 Å². The summed E-state index contributed by atoms with van der Waals surface area (Å²) in [5.41, 5.74) is 0. The first kappa shape index (κ1) is 14.3. The minimum atomic E-state index is -0.396. The number of carbonyl (C=O) groups excluding carboxylic acids is 2. The fourth-order valence-corrected chi connectivity index (χ4v) is 2.32. The topological polar surface area (TPSA) is 71.1 Å². The maximum atomic E-state index is 11.5. The van der Waals surface area contributed by atoms with E-state index >= 15 is 0 Å². The lowest BCUT2D eigenvalue weighted by Gasteiger charge is -2.17. The van der Waals surface area contributed by atoms with Gasteiger partial charge in [-0.05, 0) is 6.42 Å².